The molecule has 6 nitrogen and oxygen atoms in total. The molecule has 6 heteroatoms. The molecule has 0 saturated carbocycles. The second kappa shape index (κ2) is 9.95. The third-order valence-corrected chi connectivity index (χ3v) is 4.16. The van der Waals surface area contributed by atoms with E-state index in [1.165, 1.54) is 23.5 Å². The molecule has 0 saturated heterocycles. The lowest BCUT2D eigenvalue weighted by Crippen LogP contribution is -2.17. The molecule has 0 bridgehead atoms. The summed E-state index contributed by atoms with van der Waals surface area (Å²) in [7, 11) is 0. The Bertz CT molecular complexity index is 931. The SMILES string of the molecule is N#Cc1cnc(CC(=O)Nc2ccc(CCNCc3ccccc3)cc2)cn1. The molecule has 0 unspecified atom stereocenters. The number of nitriles is 1. The van der Waals surface area contributed by atoms with E-state index in [-0.39, 0.29) is 18.0 Å². The highest BCUT2D eigenvalue weighted by Crippen LogP contribution is 2.11. The first kappa shape index (κ1) is 19.2. The van der Waals surface area contributed by atoms with Crippen LogP contribution in [0, 0.1) is 11.3 Å². The molecule has 1 heterocycles. The van der Waals surface area contributed by atoms with E-state index in [9.17, 15) is 4.79 Å². The van der Waals surface area contributed by atoms with Crippen LogP contribution in [0.3, 0.4) is 0 Å². The molecule has 28 heavy (non-hydrogen) atoms. The number of nitrogens with zero attached hydrogens (tertiary/aromatic N) is 3. The van der Waals surface area contributed by atoms with Crippen molar-refractivity contribution >= 4 is 11.6 Å². The zero-order valence-electron chi connectivity index (χ0n) is 15.4. The number of hydrogen-bond donors (Lipinski definition) is 2. The van der Waals surface area contributed by atoms with Crippen LogP contribution in [0.5, 0.6) is 0 Å². The van der Waals surface area contributed by atoms with Crippen molar-refractivity contribution in [2.45, 2.75) is 19.4 Å². The Kier molecular flexibility index (Phi) is 6.83. The van der Waals surface area contributed by atoms with Crippen LogP contribution in [0.25, 0.3) is 0 Å². The van der Waals surface area contributed by atoms with Crippen LogP contribution >= 0.6 is 0 Å². The van der Waals surface area contributed by atoms with Gasteiger partial charge in [-0.1, -0.05) is 42.5 Å². The standard InChI is InChI=1S/C22H21N5O/c23-13-21-16-25-20(15-26-21)12-22(28)27-19-8-6-17(7-9-19)10-11-24-14-18-4-2-1-3-5-18/h1-9,15-16,24H,10-12,14H2,(H,27,28). The number of benzene rings is 2. The van der Waals surface area contributed by atoms with Crippen molar-refractivity contribution in [2.75, 3.05) is 11.9 Å². The Morgan fingerprint density at radius 3 is 2.43 bits per heavy atom. The normalized spacial score (nSPS) is 10.2. The Morgan fingerprint density at radius 1 is 0.964 bits per heavy atom. The van der Waals surface area contributed by atoms with Gasteiger partial charge in [0.15, 0.2) is 5.69 Å². The molecule has 0 fully saturated rings. The van der Waals surface area contributed by atoms with Crippen molar-refractivity contribution in [3.05, 3.63) is 89.5 Å². The molecule has 2 N–H and O–H groups in total. The van der Waals surface area contributed by atoms with E-state index < -0.39 is 0 Å². The first-order valence-electron chi connectivity index (χ1n) is 9.07. The first-order valence-corrected chi connectivity index (χ1v) is 9.07. The average molecular weight is 371 g/mol. The fourth-order valence-corrected chi connectivity index (χ4v) is 2.69. The van der Waals surface area contributed by atoms with E-state index in [0.29, 0.717) is 5.69 Å². The zero-order valence-corrected chi connectivity index (χ0v) is 15.4. The Morgan fingerprint density at radius 2 is 1.75 bits per heavy atom. The number of hydrogen-bond acceptors (Lipinski definition) is 5. The second-order valence-corrected chi connectivity index (χ2v) is 6.34. The highest BCUT2D eigenvalue weighted by Gasteiger charge is 2.06. The summed E-state index contributed by atoms with van der Waals surface area (Å²) in [5.74, 6) is -0.170. The van der Waals surface area contributed by atoms with Crippen LogP contribution in [-0.2, 0) is 24.2 Å². The molecule has 2 aromatic carbocycles. The van der Waals surface area contributed by atoms with Gasteiger partial charge in [-0.2, -0.15) is 5.26 Å². The molecular weight excluding hydrogens is 350 g/mol. The van der Waals surface area contributed by atoms with E-state index in [1.807, 2.05) is 48.5 Å². The molecule has 1 aromatic heterocycles. The lowest BCUT2D eigenvalue weighted by atomic mass is 10.1. The van der Waals surface area contributed by atoms with E-state index in [1.54, 1.807) is 0 Å². The highest BCUT2D eigenvalue weighted by molar-refractivity contribution is 5.91. The van der Waals surface area contributed by atoms with Crippen molar-refractivity contribution in [1.29, 1.82) is 5.26 Å². The molecule has 0 aliphatic carbocycles. The smallest absolute Gasteiger partial charge is 0.230 e. The summed E-state index contributed by atoms with van der Waals surface area (Å²) in [6.45, 7) is 1.74. The van der Waals surface area contributed by atoms with Crippen LogP contribution in [-0.4, -0.2) is 22.4 Å². The fourth-order valence-electron chi connectivity index (χ4n) is 2.69. The minimum absolute atomic E-state index is 0.115. The molecule has 0 spiro atoms. The topological polar surface area (TPSA) is 90.7 Å². The van der Waals surface area contributed by atoms with Crippen molar-refractivity contribution < 1.29 is 4.79 Å². The predicted molar refractivity (Wildman–Crippen MR) is 107 cm³/mol. The predicted octanol–water partition coefficient (Wildman–Crippen LogP) is 2.86. The van der Waals surface area contributed by atoms with Crippen LogP contribution in [0.2, 0.25) is 0 Å². The number of carbonyl (C=O) groups excluding carboxylic acids is 1. The van der Waals surface area contributed by atoms with Crippen LogP contribution < -0.4 is 10.6 Å². The third-order valence-electron chi connectivity index (χ3n) is 4.16. The monoisotopic (exact) mass is 371 g/mol. The Labute approximate surface area is 164 Å². The summed E-state index contributed by atoms with van der Waals surface area (Å²) in [6.07, 6.45) is 3.85. The zero-order chi connectivity index (χ0) is 19.6. The van der Waals surface area contributed by atoms with Gasteiger partial charge in [-0.05, 0) is 36.2 Å². The van der Waals surface area contributed by atoms with E-state index in [0.717, 1.165) is 25.2 Å². The van der Waals surface area contributed by atoms with E-state index in [2.05, 4.69) is 32.7 Å². The van der Waals surface area contributed by atoms with Crippen molar-refractivity contribution in [3.63, 3.8) is 0 Å². The molecule has 3 rings (SSSR count). The first-order chi connectivity index (χ1) is 13.7. The molecule has 0 radical (unpaired) electrons. The molecule has 140 valence electrons. The number of rotatable bonds is 8. The van der Waals surface area contributed by atoms with Gasteiger partial charge in [0, 0.05) is 12.2 Å². The van der Waals surface area contributed by atoms with Gasteiger partial charge >= 0.3 is 0 Å². The van der Waals surface area contributed by atoms with Crippen molar-refractivity contribution in [1.82, 2.24) is 15.3 Å². The summed E-state index contributed by atoms with van der Waals surface area (Å²) >= 11 is 0. The number of amides is 1. The maximum Gasteiger partial charge on any atom is 0.230 e. The van der Waals surface area contributed by atoms with Gasteiger partial charge in [-0.3, -0.25) is 9.78 Å². The molecule has 3 aromatic rings. The van der Waals surface area contributed by atoms with Gasteiger partial charge in [-0.15, -0.1) is 0 Å². The van der Waals surface area contributed by atoms with Crippen LogP contribution in [0.4, 0.5) is 5.69 Å². The lowest BCUT2D eigenvalue weighted by Gasteiger charge is -2.08. The van der Waals surface area contributed by atoms with Gasteiger partial charge in [0.2, 0.25) is 5.91 Å². The van der Waals surface area contributed by atoms with Crippen LogP contribution in [0.15, 0.2) is 67.0 Å². The molecule has 0 aliphatic heterocycles. The maximum atomic E-state index is 12.1. The highest BCUT2D eigenvalue weighted by atomic mass is 16.1. The molecule has 0 aliphatic rings. The van der Waals surface area contributed by atoms with Crippen molar-refractivity contribution in [3.8, 4) is 6.07 Å². The number of nitrogens with one attached hydrogen (secondary N) is 2. The molecule has 1 amide bonds. The van der Waals surface area contributed by atoms with Gasteiger partial charge in [0.1, 0.15) is 6.07 Å². The fraction of sp³-hybridized carbons (Fsp3) is 0.182. The largest absolute Gasteiger partial charge is 0.326 e. The van der Waals surface area contributed by atoms with E-state index in [4.69, 9.17) is 5.26 Å². The summed E-state index contributed by atoms with van der Waals surface area (Å²) in [6, 6.07) is 20.0. The number of anilines is 1. The third kappa shape index (κ3) is 6.01. The second-order valence-electron chi connectivity index (χ2n) is 6.34. The molecule has 0 atom stereocenters. The quantitative estimate of drug-likeness (QED) is 0.594. The minimum atomic E-state index is -0.170. The molecular formula is C22H21N5O. The number of aromatic nitrogens is 2. The summed E-state index contributed by atoms with van der Waals surface area (Å²) in [5.41, 5.74) is 3.98. The van der Waals surface area contributed by atoms with Crippen LogP contribution in [0.1, 0.15) is 22.5 Å². The van der Waals surface area contributed by atoms with E-state index >= 15 is 0 Å². The minimum Gasteiger partial charge on any atom is -0.326 e. The average Bonchev–Trinajstić information content (AvgIpc) is 2.73. The maximum absolute atomic E-state index is 12.1. The summed E-state index contributed by atoms with van der Waals surface area (Å²) in [4.78, 5) is 20.1. The summed E-state index contributed by atoms with van der Waals surface area (Å²) < 4.78 is 0. The van der Waals surface area contributed by atoms with Gasteiger partial charge < -0.3 is 10.6 Å². The van der Waals surface area contributed by atoms with Crippen molar-refractivity contribution in [2.24, 2.45) is 0 Å². The number of carbonyl (C=O) groups is 1. The Hall–Kier alpha value is -3.56. The van der Waals surface area contributed by atoms with Gasteiger partial charge in [0.05, 0.1) is 24.5 Å². The lowest BCUT2D eigenvalue weighted by molar-refractivity contribution is -0.115. The van der Waals surface area contributed by atoms with Gasteiger partial charge in [-0.25, -0.2) is 4.98 Å². The summed E-state index contributed by atoms with van der Waals surface area (Å²) in [5, 5.41) is 15.0. The Balaban J connectivity index is 1.42. The van der Waals surface area contributed by atoms with Gasteiger partial charge in [0.25, 0.3) is 0 Å².